The predicted octanol–water partition coefficient (Wildman–Crippen LogP) is 1.46. The number of para-hydroxylation sites is 2. The van der Waals surface area contributed by atoms with Crippen LogP contribution >= 0.6 is 0 Å². The van der Waals surface area contributed by atoms with Gasteiger partial charge in [0.05, 0.1) is 19.8 Å². The molecule has 186 valence electrons. The van der Waals surface area contributed by atoms with Crippen LogP contribution in [0.15, 0.2) is 24.3 Å². The van der Waals surface area contributed by atoms with Crippen LogP contribution in [0, 0.1) is 0 Å². The zero-order valence-corrected chi connectivity index (χ0v) is 19.2. The Morgan fingerprint density at radius 3 is 2.54 bits per heavy atom. The second-order valence-electron chi connectivity index (χ2n) is 7.84. The number of carbonyl (C=O) groups is 3. The smallest absolute Gasteiger partial charge is 0.320 e. The first-order valence-electron chi connectivity index (χ1n) is 11.2. The van der Waals surface area contributed by atoms with Crippen LogP contribution in [0.2, 0.25) is 0 Å². The summed E-state index contributed by atoms with van der Waals surface area (Å²) in [6.07, 6.45) is 1.95. The summed E-state index contributed by atoms with van der Waals surface area (Å²) < 4.78 is 28.3. The van der Waals surface area contributed by atoms with Crippen molar-refractivity contribution >= 4 is 17.7 Å². The SMILES string of the molecule is COc1ccccc1Oc1c(OCC2CCCO2)nc(OCCN2C(=O)CCC2=O)nc1C(N)=O. The molecule has 3 amide bonds. The molecule has 2 N–H and O–H groups in total. The molecule has 4 rings (SSSR count). The molecule has 1 unspecified atom stereocenters. The number of nitrogens with two attached hydrogens (primary N) is 1. The van der Waals surface area contributed by atoms with Crippen molar-refractivity contribution in [2.45, 2.75) is 31.8 Å². The van der Waals surface area contributed by atoms with Gasteiger partial charge in [-0.3, -0.25) is 19.3 Å². The fourth-order valence-electron chi connectivity index (χ4n) is 3.69. The van der Waals surface area contributed by atoms with Crippen molar-refractivity contribution in [2.75, 3.05) is 33.5 Å². The number of hydrogen-bond acceptors (Lipinski definition) is 10. The molecule has 3 heterocycles. The van der Waals surface area contributed by atoms with E-state index in [9.17, 15) is 14.4 Å². The third-order valence-electron chi connectivity index (χ3n) is 5.46. The number of rotatable bonds is 11. The van der Waals surface area contributed by atoms with Crippen molar-refractivity contribution in [3.8, 4) is 29.1 Å². The normalized spacial score (nSPS) is 17.5. The van der Waals surface area contributed by atoms with Gasteiger partial charge in [0, 0.05) is 19.4 Å². The molecular formula is C23H26N4O8. The van der Waals surface area contributed by atoms with Gasteiger partial charge in [-0.1, -0.05) is 12.1 Å². The lowest BCUT2D eigenvalue weighted by Crippen LogP contribution is -2.33. The second-order valence-corrected chi connectivity index (χ2v) is 7.84. The van der Waals surface area contributed by atoms with E-state index < -0.39 is 5.91 Å². The Morgan fingerprint density at radius 2 is 1.89 bits per heavy atom. The Balaban J connectivity index is 1.60. The first-order valence-corrected chi connectivity index (χ1v) is 11.2. The number of methoxy groups -OCH3 is 1. The van der Waals surface area contributed by atoms with E-state index >= 15 is 0 Å². The van der Waals surface area contributed by atoms with Crippen LogP contribution in [-0.2, 0) is 14.3 Å². The number of nitrogens with zero attached hydrogens (tertiary/aromatic N) is 3. The number of aromatic nitrogens is 2. The Hall–Kier alpha value is -3.93. The van der Waals surface area contributed by atoms with Crippen LogP contribution < -0.4 is 24.7 Å². The lowest BCUT2D eigenvalue weighted by atomic mass is 10.2. The topological polar surface area (TPSA) is 152 Å². The fourth-order valence-corrected chi connectivity index (χ4v) is 3.69. The minimum absolute atomic E-state index is 0.0263. The molecule has 1 atom stereocenters. The van der Waals surface area contributed by atoms with Crippen LogP contribution in [0.1, 0.15) is 36.2 Å². The predicted molar refractivity (Wildman–Crippen MR) is 120 cm³/mol. The summed E-state index contributed by atoms with van der Waals surface area (Å²) in [6, 6.07) is 6.60. The van der Waals surface area contributed by atoms with E-state index in [1.165, 1.54) is 7.11 Å². The molecule has 0 saturated carbocycles. The highest BCUT2D eigenvalue weighted by molar-refractivity contribution is 6.01. The van der Waals surface area contributed by atoms with Gasteiger partial charge < -0.3 is 29.4 Å². The lowest BCUT2D eigenvalue weighted by Gasteiger charge is -2.18. The molecule has 12 nitrogen and oxygen atoms in total. The zero-order valence-electron chi connectivity index (χ0n) is 19.2. The number of carbonyl (C=O) groups excluding carboxylic acids is 3. The van der Waals surface area contributed by atoms with Crippen molar-refractivity contribution in [2.24, 2.45) is 5.73 Å². The van der Waals surface area contributed by atoms with E-state index in [2.05, 4.69) is 9.97 Å². The number of ether oxygens (including phenoxy) is 5. The summed E-state index contributed by atoms with van der Waals surface area (Å²) in [4.78, 5) is 45.4. The molecule has 2 aliphatic rings. The van der Waals surface area contributed by atoms with Crippen molar-refractivity contribution in [3.05, 3.63) is 30.0 Å². The van der Waals surface area contributed by atoms with Gasteiger partial charge in [-0.2, -0.15) is 9.97 Å². The molecule has 0 bridgehead atoms. The molecular weight excluding hydrogens is 460 g/mol. The minimum atomic E-state index is -0.894. The maximum atomic E-state index is 12.3. The number of likely N-dealkylation sites (tertiary alicyclic amines) is 1. The lowest BCUT2D eigenvalue weighted by molar-refractivity contribution is -0.138. The van der Waals surface area contributed by atoms with E-state index in [0.29, 0.717) is 18.1 Å². The van der Waals surface area contributed by atoms with Crippen molar-refractivity contribution < 1.29 is 38.1 Å². The van der Waals surface area contributed by atoms with E-state index in [4.69, 9.17) is 29.4 Å². The Bertz CT molecular complexity index is 1090. The van der Waals surface area contributed by atoms with Gasteiger partial charge in [0.1, 0.15) is 13.2 Å². The monoisotopic (exact) mass is 486 g/mol. The Kier molecular flexibility index (Phi) is 7.60. The summed E-state index contributed by atoms with van der Waals surface area (Å²) >= 11 is 0. The Labute approximate surface area is 201 Å². The molecule has 12 heteroatoms. The van der Waals surface area contributed by atoms with Crippen molar-refractivity contribution in [3.63, 3.8) is 0 Å². The van der Waals surface area contributed by atoms with Crippen LogP contribution in [0.25, 0.3) is 0 Å². The zero-order chi connectivity index (χ0) is 24.8. The van der Waals surface area contributed by atoms with Gasteiger partial charge in [0.25, 0.3) is 11.8 Å². The van der Waals surface area contributed by atoms with Gasteiger partial charge in [-0.05, 0) is 25.0 Å². The molecule has 2 saturated heterocycles. The summed E-state index contributed by atoms with van der Waals surface area (Å²) in [5.74, 6) is -0.891. The van der Waals surface area contributed by atoms with Crippen LogP contribution in [-0.4, -0.2) is 72.2 Å². The highest BCUT2D eigenvalue weighted by atomic mass is 16.6. The largest absolute Gasteiger partial charge is 0.493 e. The van der Waals surface area contributed by atoms with Gasteiger partial charge in [-0.25, -0.2) is 0 Å². The fraction of sp³-hybridized carbons (Fsp3) is 0.435. The van der Waals surface area contributed by atoms with Crippen LogP contribution in [0.5, 0.6) is 29.1 Å². The van der Waals surface area contributed by atoms with Gasteiger partial charge in [-0.15, -0.1) is 0 Å². The van der Waals surface area contributed by atoms with E-state index in [-0.39, 0.29) is 73.9 Å². The van der Waals surface area contributed by atoms with Crippen molar-refractivity contribution in [1.29, 1.82) is 0 Å². The molecule has 1 aromatic carbocycles. The van der Waals surface area contributed by atoms with Gasteiger partial charge in [0.15, 0.2) is 17.2 Å². The number of imide groups is 1. The molecule has 35 heavy (non-hydrogen) atoms. The summed E-state index contributed by atoms with van der Waals surface area (Å²) in [7, 11) is 1.48. The molecule has 0 spiro atoms. The molecule has 0 aliphatic carbocycles. The standard InChI is InChI=1S/C23H26N4O8/c1-31-15-6-2-3-7-16(15)35-20-19(21(24)30)25-23(26-22(20)34-13-14-5-4-11-32-14)33-12-10-27-17(28)8-9-18(27)29/h2-3,6-7,14H,4-5,8-13H2,1H3,(H2,24,30). The second kappa shape index (κ2) is 11.0. The third-order valence-corrected chi connectivity index (χ3v) is 5.46. The first kappa shape index (κ1) is 24.2. The van der Waals surface area contributed by atoms with Crippen LogP contribution in [0.4, 0.5) is 0 Å². The average molecular weight is 486 g/mol. The molecule has 2 aliphatic heterocycles. The van der Waals surface area contributed by atoms with Gasteiger partial charge in [0.2, 0.25) is 17.6 Å². The van der Waals surface area contributed by atoms with Crippen LogP contribution in [0.3, 0.4) is 0 Å². The number of benzene rings is 1. The minimum Gasteiger partial charge on any atom is -0.493 e. The highest BCUT2D eigenvalue weighted by Gasteiger charge is 2.29. The summed E-state index contributed by atoms with van der Waals surface area (Å²) in [6.45, 7) is 0.747. The highest BCUT2D eigenvalue weighted by Crippen LogP contribution is 2.38. The maximum Gasteiger partial charge on any atom is 0.320 e. The average Bonchev–Trinajstić information content (AvgIpc) is 3.49. The summed E-state index contributed by atoms with van der Waals surface area (Å²) in [5.41, 5.74) is 5.32. The number of amides is 3. The van der Waals surface area contributed by atoms with E-state index in [0.717, 1.165) is 17.7 Å². The molecule has 0 radical (unpaired) electrons. The first-order chi connectivity index (χ1) is 17.0. The Morgan fingerprint density at radius 1 is 1.14 bits per heavy atom. The van der Waals surface area contributed by atoms with Gasteiger partial charge >= 0.3 is 6.01 Å². The third kappa shape index (κ3) is 5.77. The van der Waals surface area contributed by atoms with Crippen molar-refractivity contribution in [1.82, 2.24) is 14.9 Å². The molecule has 1 aromatic heterocycles. The van der Waals surface area contributed by atoms with E-state index in [1.807, 2.05) is 0 Å². The maximum absolute atomic E-state index is 12.3. The summed E-state index contributed by atoms with van der Waals surface area (Å²) in [5, 5.41) is 0. The quantitative estimate of drug-likeness (QED) is 0.462. The molecule has 2 fully saturated rings. The van der Waals surface area contributed by atoms with E-state index in [1.54, 1.807) is 24.3 Å². The number of hydrogen-bond donors (Lipinski definition) is 1. The molecule has 2 aromatic rings. The number of primary amides is 1.